The number of carboxylic acid groups (broad SMARTS) is 1. The van der Waals surface area contributed by atoms with Crippen LogP contribution in [0.2, 0.25) is 0 Å². The number of carbonyl (C=O) groups is 1. The van der Waals surface area contributed by atoms with Gasteiger partial charge in [-0.15, -0.1) is 0 Å². The van der Waals surface area contributed by atoms with Crippen LogP contribution in [0.5, 0.6) is 0 Å². The van der Waals surface area contributed by atoms with Gasteiger partial charge in [-0.1, -0.05) is 30.2 Å². The van der Waals surface area contributed by atoms with Crippen LogP contribution in [0.15, 0.2) is 23.3 Å². The molecule has 2 atom stereocenters. The van der Waals surface area contributed by atoms with E-state index in [0.717, 1.165) is 16.7 Å². The lowest BCUT2D eigenvalue weighted by Crippen LogP contribution is -2.25. The summed E-state index contributed by atoms with van der Waals surface area (Å²) < 4.78 is 0. The van der Waals surface area contributed by atoms with Gasteiger partial charge in [0.15, 0.2) is 0 Å². The Morgan fingerprint density at radius 1 is 1.41 bits per heavy atom. The highest BCUT2D eigenvalue weighted by atomic mass is 16.4. The zero-order valence-electron chi connectivity index (χ0n) is 10.1. The van der Waals surface area contributed by atoms with Crippen LogP contribution < -0.4 is 0 Å². The number of aryl methyl sites for hydroxylation is 2. The second-order valence-corrected chi connectivity index (χ2v) is 4.08. The fraction of sp³-hybridized carbons (Fsp3) is 0.417. The zero-order chi connectivity index (χ0) is 13.0. The largest absolute Gasteiger partial charge is 0.481 e. The average Bonchev–Trinajstić information content (AvgIpc) is 2.24. The highest BCUT2D eigenvalue weighted by Gasteiger charge is 2.26. The molecule has 1 aromatic carbocycles. The molecule has 17 heavy (non-hydrogen) atoms. The first-order valence-corrected chi connectivity index (χ1v) is 5.32. The minimum Gasteiger partial charge on any atom is -0.481 e. The van der Waals surface area contributed by atoms with Crippen molar-refractivity contribution in [3.05, 3.63) is 45.3 Å². The maximum Gasteiger partial charge on any atom is 0.313 e. The first-order valence-electron chi connectivity index (χ1n) is 5.32. The maximum absolute atomic E-state index is 11.1. The third-order valence-corrected chi connectivity index (χ3v) is 2.90. The maximum atomic E-state index is 11.1. The summed E-state index contributed by atoms with van der Waals surface area (Å²) in [4.78, 5) is 13.7. The lowest BCUT2D eigenvalue weighted by atomic mass is 9.87. The van der Waals surface area contributed by atoms with Gasteiger partial charge < -0.3 is 5.11 Å². The van der Waals surface area contributed by atoms with Gasteiger partial charge in [0, 0.05) is 10.8 Å². The molecule has 0 saturated heterocycles. The van der Waals surface area contributed by atoms with Crippen LogP contribution in [0.4, 0.5) is 0 Å². The predicted octanol–water partition coefficient (Wildman–Crippen LogP) is 3.17. The smallest absolute Gasteiger partial charge is 0.313 e. The van der Waals surface area contributed by atoms with E-state index in [-0.39, 0.29) is 5.92 Å². The fourth-order valence-corrected chi connectivity index (χ4v) is 2.12. The number of rotatable bonds is 4. The van der Waals surface area contributed by atoms with Crippen LogP contribution in [-0.4, -0.2) is 17.1 Å². The SMILES string of the molecule is Cc1cccc(C)c1[C@@H](C)[C@@H](N=[N+]=[N-])C(=O)O. The van der Waals surface area contributed by atoms with Crippen molar-refractivity contribution < 1.29 is 9.90 Å². The molecule has 5 heteroatoms. The molecular formula is C12H15N3O2. The lowest BCUT2D eigenvalue weighted by Gasteiger charge is -2.20. The van der Waals surface area contributed by atoms with Gasteiger partial charge in [-0.05, 0) is 36.1 Å². The Balaban J connectivity index is 3.22. The molecule has 0 bridgehead atoms. The monoisotopic (exact) mass is 233 g/mol. The van der Waals surface area contributed by atoms with Crippen molar-refractivity contribution in [3.63, 3.8) is 0 Å². The number of nitrogens with zero attached hydrogens (tertiary/aromatic N) is 3. The Morgan fingerprint density at radius 2 is 1.94 bits per heavy atom. The van der Waals surface area contributed by atoms with Crippen molar-refractivity contribution in [2.45, 2.75) is 32.7 Å². The third-order valence-electron chi connectivity index (χ3n) is 2.90. The van der Waals surface area contributed by atoms with Crippen LogP contribution in [-0.2, 0) is 4.79 Å². The topological polar surface area (TPSA) is 86.1 Å². The molecule has 0 unspecified atom stereocenters. The summed E-state index contributed by atoms with van der Waals surface area (Å²) in [5.74, 6) is -1.44. The number of aliphatic carboxylic acids is 1. The summed E-state index contributed by atoms with van der Waals surface area (Å²) >= 11 is 0. The quantitative estimate of drug-likeness (QED) is 0.492. The summed E-state index contributed by atoms with van der Waals surface area (Å²) in [7, 11) is 0. The molecule has 0 saturated carbocycles. The molecule has 1 aromatic rings. The van der Waals surface area contributed by atoms with Crippen LogP contribution >= 0.6 is 0 Å². The predicted molar refractivity (Wildman–Crippen MR) is 64.9 cm³/mol. The van der Waals surface area contributed by atoms with E-state index >= 15 is 0 Å². The highest BCUT2D eigenvalue weighted by molar-refractivity contribution is 5.75. The zero-order valence-corrected chi connectivity index (χ0v) is 10.1. The van der Waals surface area contributed by atoms with Crippen molar-refractivity contribution in [3.8, 4) is 0 Å². The van der Waals surface area contributed by atoms with Crippen LogP contribution in [0.3, 0.4) is 0 Å². The van der Waals surface area contributed by atoms with E-state index in [1.807, 2.05) is 32.0 Å². The molecule has 0 aliphatic rings. The normalized spacial score (nSPS) is 13.6. The van der Waals surface area contributed by atoms with E-state index in [0.29, 0.717) is 0 Å². The van der Waals surface area contributed by atoms with Crippen molar-refractivity contribution in [1.82, 2.24) is 0 Å². The van der Waals surface area contributed by atoms with Crippen molar-refractivity contribution in [2.75, 3.05) is 0 Å². The van der Waals surface area contributed by atoms with E-state index in [2.05, 4.69) is 10.0 Å². The Morgan fingerprint density at radius 3 is 2.35 bits per heavy atom. The molecule has 0 aliphatic carbocycles. The summed E-state index contributed by atoms with van der Waals surface area (Å²) in [6, 6.07) is 4.70. The summed E-state index contributed by atoms with van der Waals surface area (Å²) in [5.41, 5.74) is 11.4. The highest BCUT2D eigenvalue weighted by Crippen LogP contribution is 2.28. The molecule has 1 N–H and O–H groups in total. The molecule has 0 heterocycles. The van der Waals surface area contributed by atoms with Gasteiger partial charge in [-0.2, -0.15) is 0 Å². The fourth-order valence-electron chi connectivity index (χ4n) is 2.12. The van der Waals surface area contributed by atoms with E-state index < -0.39 is 12.0 Å². The van der Waals surface area contributed by atoms with Gasteiger partial charge in [-0.3, -0.25) is 4.79 Å². The molecule has 0 amide bonds. The summed E-state index contributed by atoms with van der Waals surface area (Å²) in [5, 5.41) is 12.4. The Labute approximate surface area is 99.7 Å². The molecule has 90 valence electrons. The molecule has 5 nitrogen and oxygen atoms in total. The second kappa shape index (κ2) is 5.37. The van der Waals surface area contributed by atoms with Crippen molar-refractivity contribution in [2.24, 2.45) is 5.11 Å². The molecule has 0 aliphatic heterocycles. The Kier molecular flexibility index (Phi) is 4.12. The minimum absolute atomic E-state index is 0.343. The van der Waals surface area contributed by atoms with Gasteiger partial charge in [0.05, 0.1) is 0 Å². The van der Waals surface area contributed by atoms with Gasteiger partial charge >= 0.3 is 5.97 Å². The number of hydrogen-bond acceptors (Lipinski definition) is 2. The molecule has 0 spiro atoms. The summed E-state index contributed by atoms with van der Waals surface area (Å²) in [6.07, 6.45) is 0. The number of benzene rings is 1. The van der Waals surface area contributed by atoms with Crippen LogP contribution in [0.1, 0.15) is 29.5 Å². The van der Waals surface area contributed by atoms with Gasteiger partial charge in [0.2, 0.25) is 0 Å². The van der Waals surface area contributed by atoms with Gasteiger partial charge in [-0.25, -0.2) is 0 Å². The first-order chi connectivity index (χ1) is 7.99. The molecule has 0 fully saturated rings. The molecular weight excluding hydrogens is 218 g/mol. The molecule has 1 rings (SSSR count). The van der Waals surface area contributed by atoms with Crippen molar-refractivity contribution in [1.29, 1.82) is 0 Å². The lowest BCUT2D eigenvalue weighted by molar-refractivity contribution is -0.138. The second-order valence-electron chi connectivity index (χ2n) is 4.08. The van der Waals surface area contributed by atoms with E-state index in [9.17, 15) is 4.79 Å². The standard InChI is InChI=1S/C12H15N3O2/c1-7-5-4-6-8(2)10(7)9(3)11(12(16)17)14-15-13/h4-6,9,11H,1-3H3,(H,16,17)/t9-,11-/m1/s1. The van der Waals surface area contributed by atoms with E-state index in [1.54, 1.807) is 6.92 Å². The van der Waals surface area contributed by atoms with Gasteiger partial charge in [0.25, 0.3) is 0 Å². The number of carboxylic acids is 1. The Hall–Kier alpha value is -2.00. The summed E-state index contributed by atoms with van der Waals surface area (Å²) in [6.45, 7) is 5.62. The van der Waals surface area contributed by atoms with Crippen molar-refractivity contribution >= 4 is 5.97 Å². The van der Waals surface area contributed by atoms with Crippen LogP contribution in [0, 0.1) is 13.8 Å². The average molecular weight is 233 g/mol. The first kappa shape index (κ1) is 13.1. The number of hydrogen-bond donors (Lipinski definition) is 1. The van der Waals surface area contributed by atoms with E-state index in [4.69, 9.17) is 10.6 Å². The molecule has 0 radical (unpaired) electrons. The minimum atomic E-state index is -1.10. The molecule has 0 aromatic heterocycles. The number of azide groups is 1. The third kappa shape index (κ3) is 2.77. The Bertz CT molecular complexity index is 456. The van der Waals surface area contributed by atoms with Gasteiger partial charge in [0.1, 0.15) is 6.04 Å². The van der Waals surface area contributed by atoms with E-state index in [1.165, 1.54) is 0 Å². The van der Waals surface area contributed by atoms with Crippen LogP contribution in [0.25, 0.3) is 10.4 Å².